The highest BCUT2D eigenvalue weighted by Crippen LogP contribution is 2.29. The summed E-state index contributed by atoms with van der Waals surface area (Å²) in [7, 11) is 3.39. The van der Waals surface area contributed by atoms with E-state index in [1.54, 1.807) is 30.5 Å². The van der Waals surface area contributed by atoms with E-state index in [9.17, 15) is 13.6 Å². The van der Waals surface area contributed by atoms with Crippen LogP contribution in [0.25, 0.3) is 11.3 Å². The van der Waals surface area contributed by atoms with Gasteiger partial charge in [-0.2, -0.15) is 0 Å². The zero-order chi connectivity index (χ0) is 23.4. The average Bonchev–Trinajstić information content (AvgIpc) is 3.26. The van der Waals surface area contributed by atoms with Crippen LogP contribution in [0, 0.1) is 11.6 Å². The molecule has 0 radical (unpaired) electrons. The lowest BCUT2D eigenvalue weighted by molar-refractivity contribution is 0.0947. The highest BCUT2D eigenvalue weighted by Gasteiger charge is 2.15. The second-order valence-electron chi connectivity index (χ2n) is 7.34. The molecule has 2 heterocycles. The van der Waals surface area contributed by atoms with Crippen molar-refractivity contribution in [2.75, 3.05) is 7.11 Å². The molecule has 4 aromatic rings. The van der Waals surface area contributed by atoms with Crippen molar-refractivity contribution in [3.05, 3.63) is 95.9 Å². The maximum Gasteiger partial charge on any atom is 0.255 e. The van der Waals surface area contributed by atoms with Crippen molar-refractivity contribution in [3.63, 3.8) is 0 Å². The van der Waals surface area contributed by atoms with Crippen LogP contribution in [-0.2, 0) is 13.6 Å². The van der Waals surface area contributed by atoms with Gasteiger partial charge in [-0.1, -0.05) is 6.07 Å². The van der Waals surface area contributed by atoms with E-state index in [0.717, 1.165) is 23.4 Å². The fourth-order valence-corrected chi connectivity index (χ4v) is 3.28. The fraction of sp³-hybridized carbons (Fsp3) is 0.120. The molecule has 2 aromatic heterocycles. The quantitative estimate of drug-likeness (QED) is 0.427. The first-order chi connectivity index (χ1) is 15.9. The Morgan fingerprint density at radius 1 is 1.03 bits per heavy atom. The number of nitrogens with one attached hydrogen (secondary N) is 1. The first kappa shape index (κ1) is 22.0. The van der Waals surface area contributed by atoms with Gasteiger partial charge in [0, 0.05) is 43.8 Å². The molecule has 8 heteroatoms. The van der Waals surface area contributed by atoms with Gasteiger partial charge in [0.1, 0.15) is 17.2 Å². The predicted octanol–water partition coefficient (Wildman–Crippen LogP) is 5.10. The minimum absolute atomic E-state index is 0.0229. The van der Waals surface area contributed by atoms with Crippen molar-refractivity contribution in [2.24, 2.45) is 7.05 Å². The standard InChI is InChI=1S/C25H21F2N3O3/c1-30-10-8-17(15-30)23-13-19(7-9-28-23)33-18-4-6-24(32-2)20(12-18)25(31)29-14-16-3-5-21(26)22(27)11-16/h3-13,15H,14H2,1-2H3,(H,29,31). The number of amides is 1. The number of nitrogens with zero attached hydrogens (tertiary/aromatic N) is 2. The molecule has 0 saturated heterocycles. The van der Waals surface area contributed by atoms with E-state index in [1.165, 1.54) is 13.2 Å². The Morgan fingerprint density at radius 2 is 1.85 bits per heavy atom. The lowest BCUT2D eigenvalue weighted by atomic mass is 10.1. The number of hydrogen-bond acceptors (Lipinski definition) is 4. The summed E-state index contributed by atoms with van der Waals surface area (Å²) in [5.74, 6) is -1.02. The van der Waals surface area contributed by atoms with Crippen LogP contribution in [0.1, 0.15) is 15.9 Å². The van der Waals surface area contributed by atoms with Crippen LogP contribution in [0.3, 0.4) is 0 Å². The Hall–Kier alpha value is -4.20. The average molecular weight is 449 g/mol. The SMILES string of the molecule is COc1ccc(Oc2ccnc(-c3ccn(C)c3)c2)cc1C(=O)NCc1ccc(F)c(F)c1. The molecular formula is C25H21F2N3O3. The van der Waals surface area contributed by atoms with Gasteiger partial charge in [0.05, 0.1) is 18.4 Å². The van der Waals surface area contributed by atoms with Gasteiger partial charge in [0.25, 0.3) is 5.91 Å². The molecule has 2 aromatic carbocycles. The molecule has 0 saturated carbocycles. The number of methoxy groups -OCH3 is 1. The Morgan fingerprint density at radius 3 is 2.58 bits per heavy atom. The van der Waals surface area contributed by atoms with Gasteiger partial charge < -0.3 is 19.4 Å². The van der Waals surface area contributed by atoms with Gasteiger partial charge in [-0.05, 0) is 48.0 Å². The van der Waals surface area contributed by atoms with E-state index >= 15 is 0 Å². The lowest BCUT2D eigenvalue weighted by Gasteiger charge is -2.12. The highest BCUT2D eigenvalue weighted by molar-refractivity contribution is 5.97. The van der Waals surface area contributed by atoms with Crippen molar-refractivity contribution in [3.8, 4) is 28.5 Å². The zero-order valence-electron chi connectivity index (χ0n) is 18.0. The second kappa shape index (κ2) is 9.52. The monoisotopic (exact) mass is 449 g/mol. The number of ether oxygens (including phenoxy) is 2. The fourth-order valence-electron chi connectivity index (χ4n) is 3.28. The summed E-state index contributed by atoms with van der Waals surface area (Å²) in [6, 6.07) is 13.8. The molecule has 33 heavy (non-hydrogen) atoms. The van der Waals surface area contributed by atoms with Gasteiger partial charge in [-0.3, -0.25) is 9.78 Å². The third-order valence-corrected chi connectivity index (χ3v) is 4.95. The number of rotatable bonds is 7. The first-order valence-corrected chi connectivity index (χ1v) is 10.1. The molecule has 6 nitrogen and oxygen atoms in total. The number of aromatic nitrogens is 2. The molecule has 0 bridgehead atoms. The van der Waals surface area contributed by atoms with Crippen LogP contribution in [0.4, 0.5) is 8.78 Å². The number of halogens is 2. The Bertz CT molecular complexity index is 1300. The summed E-state index contributed by atoms with van der Waals surface area (Å²) in [5.41, 5.74) is 2.38. The first-order valence-electron chi connectivity index (χ1n) is 10.1. The Kier molecular flexibility index (Phi) is 6.35. The smallest absolute Gasteiger partial charge is 0.255 e. The Labute approximate surface area is 189 Å². The van der Waals surface area contributed by atoms with Gasteiger partial charge in [-0.15, -0.1) is 0 Å². The number of carbonyl (C=O) groups is 1. The zero-order valence-corrected chi connectivity index (χ0v) is 18.0. The number of carbonyl (C=O) groups excluding carboxylic acids is 1. The lowest BCUT2D eigenvalue weighted by Crippen LogP contribution is -2.23. The summed E-state index contributed by atoms with van der Waals surface area (Å²) in [6.45, 7) is 0.0229. The van der Waals surface area contributed by atoms with E-state index in [1.807, 2.05) is 36.1 Å². The number of hydrogen-bond donors (Lipinski definition) is 1. The maximum atomic E-state index is 13.4. The largest absolute Gasteiger partial charge is 0.496 e. The summed E-state index contributed by atoms with van der Waals surface area (Å²) in [6.07, 6.45) is 5.53. The molecular weight excluding hydrogens is 428 g/mol. The summed E-state index contributed by atoms with van der Waals surface area (Å²) < 4.78 is 39.7. The number of aryl methyl sites for hydroxylation is 1. The van der Waals surface area contributed by atoms with E-state index in [0.29, 0.717) is 22.8 Å². The molecule has 1 N–H and O–H groups in total. The van der Waals surface area contributed by atoms with Gasteiger partial charge in [-0.25, -0.2) is 8.78 Å². The molecule has 0 unspecified atom stereocenters. The van der Waals surface area contributed by atoms with Crippen molar-refractivity contribution in [1.29, 1.82) is 0 Å². The van der Waals surface area contributed by atoms with Crippen LogP contribution in [-0.4, -0.2) is 22.6 Å². The summed E-state index contributed by atoms with van der Waals surface area (Å²) in [5, 5.41) is 2.68. The van der Waals surface area contributed by atoms with E-state index in [4.69, 9.17) is 9.47 Å². The van der Waals surface area contributed by atoms with Crippen molar-refractivity contribution < 1.29 is 23.0 Å². The minimum Gasteiger partial charge on any atom is -0.496 e. The highest BCUT2D eigenvalue weighted by atomic mass is 19.2. The third kappa shape index (κ3) is 5.17. The van der Waals surface area contributed by atoms with Crippen LogP contribution < -0.4 is 14.8 Å². The number of benzene rings is 2. The number of pyridine rings is 1. The molecule has 0 aliphatic carbocycles. The molecule has 168 valence electrons. The van der Waals surface area contributed by atoms with Crippen LogP contribution in [0.2, 0.25) is 0 Å². The molecule has 1 amide bonds. The molecule has 0 aliphatic heterocycles. The molecule has 0 atom stereocenters. The minimum atomic E-state index is -0.970. The summed E-state index contributed by atoms with van der Waals surface area (Å²) >= 11 is 0. The molecule has 4 rings (SSSR count). The van der Waals surface area contributed by atoms with E-state index in [2.05, 4.69) is 10.3 Å². The Balaban J connectivity index is 1.51. The molecule has 0 fully saturated rings. The summed E-state index contributed by atoms with van der Waals surface area (Å²) in [4.78, 5) is 17.1. The van der Waals surface area contributed by atoms with Crippen LogP contribution in [0.5, 0.6) is 17.2 Å². The predicted molar refractivity (Wildman–Crippen MR) is 119 cm³/mol. The van der Waals surface area contributed by atoms with Gasteiger partial charge in [0.2, 0.25) is 0 Å². The van der Waals surface area contributed by atoms with Crippen molar-refractivity contribution in [2.45, 2.75) is 6.54 Å². The molecule has 0 spiro atoms. The second-order valence-corrected chi connectivity index (χ2v) is 7.34. The van der Waals surface area contributed by atoms with Gasteiger partial charge in [0.15, 0.2) is 11.6 Å². The maximum absolute atomic E-state index is 13.4. The van der Waals surface area contributed by atoms with E-state index < -0.39 is 17.5 Å². The van der Waals surface area contributed by atoms with Crippen LogP contribution >= 0.6 is 0 Å². The third-order valence-electron chi connectivity index (χ3n) is 4.95. The topological polar surface area (TPSA) is 65.4 Å². The van der Waals surface area contributed by atoms with Crippen LogP contribution in [0.15, 0.2) is 73.2 Å². The van der Waals surface area contributed by atoms with E-state index in [-0.39, 0.29) is 12.1 Å². The van der Waals surface area contributed by atoms with Gasteiger partial charge >= 0.3 is 0 Å². The normalized spacial score (nSPS) is 10.7. The van der Waals surface area contributed by atoms with Crippen molar-refractivity contribution in [1.82, 2.24) is 14.9 Å². The molecule has 0 aliphatic rings. The van der Waals surface area contributed by atoms with Crippen molar-refractivity contribution >= 4 is 5.91 Å².